The Balaban J connectivity index is 1.47. The first-order chi connectivity index (χ1) is 13.6. The number of amides is 1. The van der Waals surface area contributed by atoms with Gasteiger partial charge in [-0.15, -0.1) is 5.10 Å². The van der Waals surface area contributed by atoms with Gasteiger partial charge in [-0.1, -0.05) is 55.9 Å². The Labute approximate surface area is 168 Å². The molecule has 2 aromatic carbocycles. The molecule has 1 aromatic heterocycles. The van der Waals surface area contributed by atoms with Gasteiger partial charge in [0.15, 0.2) is 0 Å². The van der Waals surface area contributed by atoms with Crippen LogP contribution in [-0.2, 0) is 11.2 Å². The molecule has 0 spiro atoms. The Morgan fingerprint density at radius 1 is 1.14 bits per heavy atom. The van der Waals surface area contributed by atoms with Crippen LogP contribution in [0.5, 0.6) is 0 Å². The number of anilines is 1. The highest BCUT2D eigenvalue weighted by molar-refractivity contribution is 7.99. The molecule has 0 saturated carbocycles. The highest BCUT2D eigenvalue weighted by atomic mass is 32.2. The van der Waals surface area contributed by atoms with Crippen LogP contribution in [0, 0.1) is 0 Å². The van der Waals surface area contributed by atoms with E-state index in [2.05, 4.69) is 47.6 Å². The lowest BCUT2D eigenvalue weighted by Crippen LogP contribution is -2.36. The van der Waals surface area contributed by atoms with Crippen LogP contribution in [0.15, 0.2) is 53.7 Å². The van der Waals surface area contributed by atoms with Gasteiger partial charge in [0.1, 0.15) is 0 Å². The van der Waals surface area contributed by atoms with Crippen molar-refractivity contribution in [2.24, 2.45) is 0 Å². The molecule has 3 aromatic rings. The zero-order valence-electron chi connectivity index (χ0n) is 16.1. The van der Waals surface area contributed by atoms with E-state index in [1.165, 1.54) is 22.9 Å². The molecule has 144 valence electrons. The summed E-state index contributed by atoms with van der Waals surface area (Å²) in [6.07, 6.45) is 2.02. The van der Waals surface area contributed by atoms with Crippen molar-refractivity contribution in [1.29, 1.82) is 0 Å². The predicted molar refractivity (Wildman–Crippen MR) is 111 cm³/mol. The van der Waals surface area contributed by atoms with Crippen LogP contribution in [0.25, 0.3) is 5.69 Å². The van der Waals surface area contributed by atoms with Gasteiger partial charge in [-0.25, -0.2) is 0 Å². The molecule has 1 aliphatic heterocycles. The molecule has 28 heavy (non-hydrogen) atoms. The zero-order chi connectivity index (χ0) is 19.5. The van der Waals surface area contributed by atoms with E-state index >= 15 is 0 Å². The van der Waals surface area contributed by atoms with Crippen LogP contribution in [-0.4, -0.2) is 38.4 Å². The largest absolute Gasteiger partial charge is 0.311 e. The Hall–Kier alpha value is -2.67. The number of aromatic nitrogens is 4. The molecule has 0 unspecified atom stereocenters. The van der Waals surface area contributed by atoms with Crippen LogP contribution in [0.2, 0.25) is 0 Å². The van der Waals surface area contributed by atoms with Crippen molar-refractivity contribution in [3.63, 3.8) is 0 Å². The summed E-state index contributed by atoms with van der Waals surface area (Å²) in [7, 11) is 0. The summed E-state index contributed by atoms with van der Waals surface area (Å²) in [5, 5.41) is 12.6. The number of para-hydroxylation sites is 1. The molecule has 7 heteroatoms. The summed E-state index contributed by atoms with van der Waals surface area (Å²) in [6.45, 7) is 5.09. The second-order valence-corrected chi connectivity index (χ2v) is 8.13. The van der Waals surface area contributed by atoms with E-state index in [-0.39, 0.29) is 5.91 Å². The van der Waals surface area contributed by atoms with E-state index in [1.54, 1.807) is 4.68 Å². The fourth-order valence-electron chi connectivity index (χ4n) is 3.43. The fourth-order valence-corrected chi connectivity index (χ4v) is 4.20. The molecule has 0 N–H and O–H groups in total. The summed E-state index contributed by atoms with van der Waals surface area (Å²) in [4.78, 5) is 14.7. The number of carbonyl (C=O) groups is 1. The fraction of sp³-hybridized carbons (Fsp3) is 0.333. The smallest absolute Gasteiger partial charge is 0.237 e. The number of tetrazole rings is 1. The van der Waals surface area contributed by atoms with Gasteiger partial charge >= 0.3 is 0 Å². The lowest BCUT2D eigenvalue weighted by atomic mass is 10.0. The molecule has 1 amide bonds. The van der Waals surface area contributed by atoms with E-state index in [0.717, 1.165) is 30.8 Å². The maximum atomic E-state index is 12.9. The van der Waals surface area contributed by atoms with E-state index in [1.807, 2.05) is 35.2 Å². The van der Waals surface area contributed by atoms with E-state index in [0.29, 0.717) is 16.8 Å². The molecule has 6 nitrogen and oxygen atoms in total. The molecule has 0 aliphatic carbocycles. The SMILES string of the molecule is CC(C)c1ccc(-n2nnnc2SCC(=O)N2CCCc3ccccc32)cc1. The minimum Gasteiger partial charge on any atom is -0.311 e. The second kappa shape index (κ2) is 8.14. The van der Waals surface area contributed by atoms with Crippen LogP contribution in [0.3, 0.4) is 0 Å². The standard InChI is InChI=1S/C21H23N5OS/c1-15(2)16-9-11-18(12-10-16)26-21(22-23-24-26)28-14-20(27)25-13-5-7-17-6-3-4-8-19(17)25/h3-4,6,8-12,15H,5,7,13-14H2,1-2H3. The summed E-state index contributed by atoms with van der Waals surface area (Å²) in [5.74, 6) is 0.863. The summed E-state index contributed by atoms with van der Waals surface area (Å²) < 4.78 is 1.69. The normalized spacial score (nSPS) is 13.6. The minimum absolute atomic E-state index is 0.0851. The van der Waals surface area contributed by atoms with Gasteiger partial charge in [-0.2, -0.15) is 4.68 Å². The number of nitrogens with zero attached hydrogens (tertiary/aromatic N) is 5. The summed E-state index contributed by atoms with van der Waals surface area (Å²) >= 11 is 1.37. The molecule has 1 aliphatic rings. The zero-order valence-corrected chi connectivity index (χ0v) is 16.9. The van der Waals surface area contributed by atoms with Crippen LogP contribution in [0.4, 0.5) is 5.69 Å². The van der Waals surface area contributed by atoms with Gasteiger partial charge in [0, 0.05) is 12.2 Å². The molecular formula is C21H23N5OS. The molecule has 0 atom stereocenters. The number of thioether (sulfide) groups is 1. The number of hydrogen-bond donors (Lipinski definition) is 0. The van der Waals surface area contributed by atoms with Crippen molar-refractivity contribution in [3.05, 3.63) is 59.7 Å². The Bertz CT molecular complexity index is 967. The van der Waals surface area contributed by atoms with Crippen LogP contribution in [0.1, 0.15) is 37.3 Å². The van der Waals surface area contributed by atoms with Crippen molar-refractivity contribution in [3.8, 4) is 5.69 Å². The predicted octanol–water partition coefficient (Wildman–Crippen LogP) is 3.86. The van der Waals surface area contributed by atoms with Gasteiger partial charge < -0.3 is 4.90 Å². The first-order valence-electron chi connectivity index (χ1n) is 9.53. The number of fused-ring (bicyclic) bond motifs is 1. The van der Waals surface area contributed by atoms with Crippen molar-refractivity contribution in [2.75, 3.05) is 17.2 Å². The third-order valence-corrected chi connectivity index (χ3v) is 5.89. The molecular weight excluding hydrogens is 370 g/mol. The topological polar surface area (TPSA) is 63.9 Å². The maximum absolute atomic E-state index is 12.9. The van der Waals surface area contributed by atoms with Gasteiger partial charge in [0.05, 0.1) is 11.4 Å². The Morgan fingerprint density at radius 3 is 2.71 bits per heavy atom. The molecule has 0 saturated heterocycles. The molecule has 0 fully saturated rings. The Morgan fingerprint density at radius 2 is 1.93 bits per heavy atom. The highest BCUT2D eigenvalue weighted by Crippen LogP contribution is 2.28. The second-order valence-electron chi connectivity index (χ2n) is 7.19. The first kappa shape index (κ1) is 18.7. The van der Waals surface area contributed by atoms with Crippen molar-refractivity contribution >= 4 is 23.4 Å². The van der Waals surface area contributed by atoms with Gasteiger partial charge in [-0.05, 0) is 58.5 Å². The first-order valence-corrected chi connectivity index (χ1v) is 10.5. The molecule has 0 bridgehead atoms. The summed E-state index contributed by atoms with van der Waals surface area (Å²) in [5.41, 5.74) is 4.43. The van der Waals surface area contributed by atoms with Gasteiger partial charge in [0.25, 0.3) is 0 Å². The molecule has 0 radical (unpaired) electrons. The maximum Gasteiger partial charge on any atom is 0.237 e. The van der Waals surface area contributed by atoms with Crippen molar-refractivity contribution in [2.45, 2.75) is 37.8 Å². The number of hydrogen-bond acceptors (Lipinski definition) is 5. The van der Waals surface area contributed by atoms with E-state index in [9.17, 15) is 4.79 Å². The number of rotatable bonds is 5. The average Bonchev–Trinajstić information content (AvgIpc) is 3.20. The number of aryl methyl sites for hydroxylation is 1. The summed E-state index contributed by atoms with van der Waals surface area (Å²) in [6, 6.07) is 16.3. The van der Waals surface area contributed by atoms with Crippen molar-refractivity contribution in [1.82, 2.24) is 20.2 Å². The quantitative estimate of drug-likeness (QED) is 0.616. The average molecular weight is 394 g/mol. The monoisotopic (exact) mass is 393 g/mol. The number of carbonyl (C=O) groups excluding carboxylic acids is 1. The molecule has 2 heterocycles. The Kier molecular flexibility index (Phi) is 5.43. The van der Waals surface area contributed by atoms with Gasteiger partial charge in [-0.3, -0.25) is 4.79 Å². The third kappa shape index (κ3) is 3.80. The molecule has 4 rings (SSSR count). The lowest BCUT2D eigenvalue weighted by molar-refractivity contribution is -0.116. The van der Waals surface area contributed by atoms with Gasteiger partial charge in [0.2, 0.25) is 11.1 Å². The minimum atomic E-state index is 0.0851. The highest BCUT2D eigenvalue weighted by Gasteiger charge is 2.23. The number of benzene rings is 2. The van der Waals surface area contributed by atoms with E-state index in [4.69, 9.17) is 0 Å². The lowest BCUT2D eigenvalue weighted by Gasteiger charge is -2.29. The van der Waals surface area contributed by atoms with E-state index < -0.39 is 0 Å². The van der Waals surface area contributed by atoms with Crippen LogP contribution < -0.4 is 4.90 Å². The van der Waals surface area contributed by atoms with Crippen LogP contribution >= 0.6 is 11.8 Å². The van der Waals surface area contributed by atoms with Crippen molar-refractivity contribution < 1.29 is 4.79 Å². The third-order valence-electron chi connectivity index (χ3n) is 4.98.